The van der Waals surface area contributed by atoms with Crippen molar-refractivity contribution in [2.45, 2.75) is 37.5 Å². The van der Waals surface area contributed by atoms with Gasteiger partial charge in [0.05, 0.1) is 19.2 Å². The van der Waals surface area contributed by atoms with Gasteiger partial charge in [0.2, 0.25) is 5.91 Å². The third-order valence-corrected chi connectivity index (χ3v) is 6.32. The number of carbonyl (C=O) groups is 1. The highest BCUT2D eigenvalue weighted by Gasteiger charge is 2.45. The highest BCUT2D eigenvalue weighted by atomic mass is 19.1. The number of fused-ring (bicyclic) bond motifs is 2. The standard InChI is InChI=1S/C22H26FN5O2/c1-27-9-8-13-6-7-14(10-15(13)12-27)20-21-17(24-25-20)11-19(29)28(26-21)22-16(23)4-3-5-18(22)30-2/h3-7,10,17,20-21,24-26H,8-9,11-12H2,1-2H3. The molecule has 7 nitrogen and oxygen atoms in total. The minimum absolute atomic E-state index is 0.0547. The molecular weight excluding hydrogens is 385 g/mol. The number of methoxy groups -OCH3 is 1. The summed E-state index contributed by atoms with van der Waals surface area (Å²) in [6.45, 7) is 2.01. The number of nitrogens with one attached hydrogen (secondary N) is 3. The predicted octanol–water partition coefficient (Wildman–Crippen LogP) is 1.65. The maximum atomic E-state index is 14.6. The van der Waals surface area contributed by atoms with Crippen molar-refractivity contribution in [2.75, 3.05) is 25.7 Å². The van der Waals surface area contributed by atoms with Crippen molar-refractivity contribution in [3.8, 4) is 5.75 Å². The fourth-order valence-corrected chi connectivity index (χ4v) is 4.72. The van der Waals surface area contributed by atoms with Crippen molar-refractivity contribution in [1.82, 2.24) is 21.2 Å². The monoisotopic (exact) mass is 411 g/mol. The van der Waals surface area contributed by atoms with Crippen LogP contribution in [0.1, 0.15) is 29.2 Å². The Morgan fingerprint density at radius 2 is 2.03 bits per heavy atom. The molecule has 8 heteroatoms. The number of ether oxygens (including phenoxy) is 1. The van der Waals surface area contributed by atoms with Crippen LogP contribution in [0, 0.1) is 5.82 Å². The Labute approximate surface area is 175 Å². The van der Waals surface area contributed by atoms with Gasteiger partial charge >= 0.3 is 0 Å². The molecule has 0 saturated carbocycles. The van der Waals surface area contributed by atoms with E-state index in [1.165, 1.54) is 29.3 Å². The maximum absolute atomic E-state index is 14.6. The minimum Gasteiger partial charge on any atom is -0.494 e. The lowest BCUT2D eigenvalue weighted by Gasteiger charge is -2.37. The van der Waals surface area contributed by atoms with Gasteiger partial charge in [0.15, 0.2) is 5.82 Å². The van der Waals surface area contributed by atoms with Crippen molar-refractivity contribution < 1.29 is 13.9 Å². The molecule has 158 valence electrons. The summed E-state index contributed by atoms with van der Waals surface area (Å²) in [5, 5.41) is 1.31. The number of rotatable bonds is 3. The molecule has 3 heterocycles. The SMILES string of the molecule is COc1cccc(F)c1N1NC2C(CC1=O)NNC2c1ccc2c(c1)CN(C)CC2. The maximum Gasteiger partial charge on any atom is 0.243 e. The summed E-state index contributed by atoms with van der Waals surface area (Å²) in [4.78, 5) is 15.1. The molecule has 0 bridgehead atoms. The number of carbonyl (C=O) groups excluding carboxylic acids is 1. The molecule has 0 spiro atoms. The van der Waals surface area contributed by atoms with Crippen LogP contribution in [-0.4, -0.2) is 43.6 Å². The lowest BCUT2D eigenvalue weighted by atomic mass is 9.90. The van der Waals surface area contributed by atoms with E-state index in [0.717, 1.165) is 25.1 Å². The average molecular weight is 411 g/mol. The molecule has 2 aromatic carbocycles. The Bertz CT molecular complexity index is 984. The van der Waals surface area contributed by atoms with Crippen LogP contribution in [0.25, 0.3) is 0 Å². The lowest BCUT2D eigenvalue weighted by molar-refractivity contribution is -0.121. The first-order chi connectivity index (χ1) is 14.5. The molecule has 3 atom stereocenters. The van der Waals surface area contributed by atoms with E-state index in [9.17, 15) is 9.18 Å². The van der Waals surface area contributed by atoms with Crippen LogP contribution < -0.4 is 26.0 Å². The summed E-state index contributed by atoms with van der Waals surface area (Å²) in [7, 11) is 3.61. The number of benzene rings is 2. The number of hydrazine groups is 2. The number of likely N-dealkylation sites (N-methyl/N-ethyl adjacent to an activating group) is 1. The fraction of sp³-hybridized carbons (Fsp3) is 0.409. The molecule has 2 fully saturated rings. The number of halogens is 1. The first-order valence-electron chi connectivity index (χ1n) is 10.3. The molecule has 2 aromatic rings. The molecule has 5 rings (SSSR count). The molecule has 3 aliphatic heterocycles. The number of anilines is 1. The molecule has 0 radical (unpaired) electrons. The van der Waals surface area contributed by atoms with E-state index in [-0.39, 0.29) is 36.1 Å². The van der Waals surface area contributed by atoms with Crippen molar-refractivity contribution in [2.24, 2.45) is 0 Å². The van der Waals surface area contributed by atoms with Gasteiger partial charge in [-0.25, -0.2) is 20.3 Å². The van der Waals surface area contributed by atoms with Crippen LogP contribution in [0.4, 0.5) is 10.1 Å². The zero-order valence-corrected chi connectivity index (χ0v) is 17.1. The Morgan fingerprint density at radius 3 is 2.87 bits per heavy atom. The second kappa shape index (κ2) is 7.63. The van der Waals surface area contributed by atoms with E-state index >= 15 is 0 Å². The van der Waals surface area contributed by atoms with Crippen LogP contribution in [0.5, 0.6) is 5.75 Å². The van der Waals surface area contributed by atoms with Crippen molar-refractivity contribution in [3.63, 3.8) is 0 Å². The van der Waals surface area contributed by atoms with Gasteiger partial charge in [-0.2, -0.15) is 0 Å². The average Bonchev–Trinajstić information content (AvgIpc) is 3.15. The van der Waals surface area contributed by atoms with E-state index in [2.05, 4.69) is 46.4 Å². The molecule has 3 N–H and O–H groups in total. The zero-order valence-electron chi connectivity index (χ0n) is 17.1. The van der Waals surface area contributed by atoms with Crippen molar-refractivity contribution in [3.05, 3.63) is 58.9 Å². The lowest BCUT2D eigenvalue weighted by Crippen LogP contribution is -2.60. The summed E-state index contributed by atoms with van der Waals surface area (Å²) in [5.41, 5.74) is 13.8. The normalized spacial score (nSPS) is 26.4. The van der Waals surface area contributed by atoms with E-state index < -0.39 is 5.82 Å². The fourth-order valence-electron chi connectivity index (χ4n) is 4.72. The van der Waals surface area contributed by atoms with E-state index in [1.807, 2.05) is 0 Å². The van der Waals surface area contributed by atoms with Gasteiger partial charge in [0.25, 0.3) is 0 Å². The third kappa shape index (κ3) is 3.26. The van der Waals surface area contributed by atoms with Gasteiger partial charge in [-0.3, -0.25) is 10.2 Å². The van der Waals surface area contributed by atoms with Gasteiger partial charge in [-0.15, -0.1) is 0 Å². The highest BCUT2D eigenvalue weighted by Crippen LogP contribution is 2.35. The minimum atomic E-state index is -0.499. The van der Waals surface area contributed by atoms with Gasteiger partial charge in [0, 0.05) is 25.6 Å². The van der Waals surface area contributed by atoms with E-state index in [1.54, 1.807) is 12.1 Å². The predicted molar refractivity (Wildman–Crippen MR) is 111 cm³/mol. The van der Waals surface area contributed by atoms with Gasteiger partial charge in [-0.1, -0.05) is 24.3 Å². The molecule has 30 heavy (non-hydrogen) atoms. The van der Waals surface area contributed by atoms with E-state index in [0.29, 0.717) is 5.75 Å². The topological polar surface area (TPSA) is 68.9 Å². The van der Waals surface area contributed by atoms with Gasteiger partial charge < -0.3 is 9.64 Å². The summed E-state index contributed by atoms with van der Waals surface area (Å²) in [5.74, 6) is -0.385. The molecule has 3 unspecified atom stereocenters. The molecular formula is C22H26FN5O2. The van der Waals surface area contributed by atoms with Gasteiger partial charge in [-0.05, 0) is 42.3 Å². The largest absolute Gasteiger partial charge is 0.494 e. The summed E-state index contributed by atoms with van der Waals surface area (Å²) >= 11 is 0. The first kappa shape index (κ1) is 19.4. The van der Waals surface area contributed by atoms with Crippen LogP contribution in [0.3, 0.4) is 0 Å². The Kier molecular flexibility index (Phi) is 4.94. The van der Waals surface area contributed by atoms with Gasteiger partial charge in [0.1, 0.15) is 11.4 Å². The number of amides is 1. The molecule has 0 aromatic heterocycles. The Balaban J connectivity index is 1.45. The molecule has 1 amide bonds. The zero-order chi connectivity index (χ0) is 20.8. The molecule has 3 aliphatic rings. The van der Waals surface area contributed by atoms with E-state index in [4.69, 9.17) is 4.74 Å². The molecule has 0 aliphatic carbocycles. The summed E-state index contributed by atoms with van der Waals surface area (Å²) in [6, 6.07) is 10.9. The Morgan fingerprint density at radius 1 is 1.17 bits per heavy atom. The number of nitrogens with zero attached hydrogens (tertiary/aromatic N) is 2. The summed E-state index contributed by atoms with van der Waals surface area (Å²) < 4.78 is 19.9. The number of para-hydroxylation sites is 1. The second-order valence-corrected chi connectivity index (χ2v) is 8.27. The van der Waals surface area contributed by atoms with Crippen molar-refractivity contribution in [1.29, 1.82) is 0 Å². The van der Waals surface area contributed by atoms with Crippen LogP contribution in [-0.2, 0) is 17.8 Å². The highest BCUT2D eigenvalue weighted by molar-refractivity contribution is 5.95. The van der Waals surface area contributed by atoms with Crippen LogP contribution >= 0.6 is 0 Å². The first-order valence-corrected chi connectivity index (χ1v) is 10.3. The quantitative estimate of drug-likeness (QED) is 0.714. The Hall–Kier alpha value is -2.52. The number of hydrogen-bond donors (Lipinski definition) is 3. The molecule has 2 saturated heterocycles. The van der Waals surface area contributed by atoms with Crippen LogP contribution in [0.15, 0.2) is 36.4 Å². The second-order valence-electron chi connectivity index (χ2n) is 8.27. The summed E-state index contributed by atoms with van der Waals surface area (Å²) in [6.07, 6.45) is 1.31. The number of hydrogen-bond acceptors (Lipinski definition) is 6. The van der Waals surface area contributed by atoms with Crippen molar-refractivity contribution >= 4 is 11.6 Å². The smallest absolute Gasteiger partial charge is 0.243 e. The van der Waals surface area contributed by atoms with Crippen LogP contribution in [0.2, 0.25) is 0 Å². The third-order valence-electron chi connectivity index (χ3n) is 6.32.